The summed E-state index contributed by atoms with van der Waals surface area (Å²) in [6.07, 6.45) is 1.79. The molecule has 0 bridgehead atoms. The van der Waals surface area contributed by atoms with Crippen LogP contribution < -0.4 is 10.5 Å². The molecular weight excluding hydrogens is 224 g/mol. The summed E-state index contributed by atoms with van der Waals surface area (Å²) in [5, 5.41) is 0. The fourth-order valence-corrected chi connectivity index (χ4v) is 1.59. The van der Waals surface area contributed by atoms with Crippen molar-refractivity contribution in [2.75, 3.05) is 6.54 Å². The van der Waals surface area contributed by atoms with Crippen LogP contribution in [-0.4, -0.2) is 17.1 Å². The molecule has 0 spiro atoms. The molecule has 3 heteroatoms. The maximum Gasteiger partial charge on any atom is 0.120 e. The first kappa shape index (κ1) is 12.6. The molecule has 18 heavy (non-hydrogen) atoms. The van der Waals surface area contributed by atoms with E-state index in [4.69, 9.17) is 10.5 Å². The summed E-state index contributed by atoms with van der Waals surface area (Å²) in [4.78, 5) is 4.31. The van der Waals surface area contributed by atoms with E-state index in [9.17, 15) is 0 Å². The van der Waals surface area contributed by atoms with Gasteiger partial charge in [0.05, 0.1) is 5.69 Å². The zero-order valence-corrected chi connectivity index (χ0v) is 10.8. The van der Waals surface area contributed by atoms with Gasteiger partial charge in [-0.2, -0.15) is 0 Å². The van der Waals surface area contributed by atoms with Crippen LogP contribution in [-0.2, 0) is 0 Å². The molecule has 2 rings (SSSR count). The van der Waals surface area contributed by atoms with Crippen LogP contribution in [0.3, 0.4) is 0 Å². The second kappa shape index (κ2) is 5.19. The maximum absolute atomic E-state index is 5.80. The lowest BCUT2D eigenvalue weighted by molar-refractivity contribution is 0.119. The van der Waals surface area contributed by atoms with Gasteiger partial charge in [0.2, 0.25) is 0 Å². The van der Waals surface area contributed by atoms with Gasteiger partial charge in [0, 0.05) is 18.3 Å². The van der Waals surface area contributed by atoms with E-state index >= 15 is 0 Å². The van der Waals surface area contributed by atoms with Gasteiger partial charge in [-0.3, -0.25) is 4.98 Å². The SMILES string of the molecule is CC(C)(CN)Oc1ccc(-c2ccccn2)cc1. The van der Waals surface area contributed by atoms with E-state index < -0.39 is 0 Å². The Kier molecular flexibility index (Phi) is 3.63. The monoisotopic (exact) mass is 242 g/mol. The average molecular weight is 242 g/mol. The number of benzene rings is 1. The van der Waals surface area contributed by atoms with Crippen LogP contribution in [0.4, 0.5) is 0 Å². The summed E-state index contributed by atoms with van der Waals surface area (Å²) in [6.45, 7) is 4.42. The molecule has 2 aromatic rings. The van der Waals surface area contributed by atoms with Gasteiger partial charge in [0.15, 0.2) is 0 Å². The topological polar surface area (TPSA) is 48.1 Å². The molecule has 0 saturated heterocycles. The zero-order chi connectivity index (χ0) is 13.0. The third-order valence-electron chi connectivity index (χ3n) is 2.70. The van der Waals surface area contributed by atoms with Crippen LogP contribution in [0.2, 0.25) is 0 Å². The van der Waals surface area contributed by atoms with Gasteiger partial charge < -0.3 is 10.5 Å². The largest absolute Gasteiger partial charge is 0.487 e. The number of nitrogens with two attached hydrogens (primary N) is 1. The minimum atomic E-state index is -0.341. The molecule has 0 aliphatic carbocycles. The van der Waals surface area contributed by atoms with Gasteiger partial charge in [0.25, 0.3) is 0 Å². The molecule has 0 amide bonds. The molecule has 1 heterocycles. The van der Waals surface area contributed by atoms with Crippen LogP contribution in [0.15, 0.2) is 48.7 Å². The van der Waals surface area contributed by atoms with E-state index in [0.717, 1.165) is 17.0 Å². The molecule has 0 aliphatic heterocycles. The van der Waals surface area contributed by atoms with Gasteiger partial charge in [-0.25, -0.2) is 0 Å². The van der Waals surface area contributed by atoms with E-state index in [1.165, 1.54) is 0 Å². The highest BCUT2D eigenvalue weighted by Gasteiger charge is 2.16. The summed E-state index contributed by atoms with van der Waals surface area (Å²) < 4.78 is 5.80. The van der Waals surface area contributed by atoms with Crippen molar-refractivity contribution in [3.05, 3.63) is 48.7 Å². The summed E-state index contributed by atoms with van der Waals surface area (Å²) in [5.41, 5.74) is 7.34. The fraction of sp³-hybridized carbons (Fsp3) is 0.267. The molecule has 0 fully saturated rings. The highest BCUT2D eigenvalue weighted by molar-refractivity contribution is 5.59. The molecule has 0 radical (unpaired) electrons. The third-order valence-corrected chi connectivity index (χ3v) is 2.70. The van der Waals surface area contributed by atoms with Gasteiger partial charge in [-0.1, -0.05) is 6.07 Å². The Hall–Kier alpha value is -1.87. The predicted molar refractivity (Wildman–Crippen MR) is 73.4 cm³/mol. The van der Waals surface area contributed by atoms with E-state index in [0.29, 0.717) is 6.54 Å². The average Bonchev–Trinajstić information content (AvgIpc) is 2.40. The summed E-state index contributed by atoms with van der Waals surface area (Å²) in [5.74, 6) is 0.824. The Labute approximate surface area is 108 Å². The Bertz CT molecular complexity index is 492. The molecule has 3 nitrogen and oxygen atoms in total. The van der Waals surface area contributed by atoms with Gasteiger partial charge in [0.1, 0.15) is 11.4 Å². The molecule has 94 valence electrons. The van der Waals surface area contributed by atoms with E-state index in [1.807, 2.05) is 56.3 Å². The van der Waals surface area contributed by atoms with Gasteiger partial charge in [-0.15, -0.1) is 0 Å². The van der Waals surface area contributed by atoms with E-state index in [-0.39, 0.29) is 5.60 Å². The van der Waals surface area contributed by atoms with E-state index in [2.05, 4.69) is 4.98 Å². The van der Waals surface area contributed by atoms with Crippen molar-refractivity contribution in [3.8, 4) is 17.0 Å². The van der Waals surface area contributed by atoms with Crippen molar-refractivity contribution in [1.82, 2.24) is 4.98 Å². The number of ether oxygens (including phenoxy) is 1. The molecule has 1 aromatic heterocycles. The van der Waals surface area contributed by atoms with Crippen molar-refractivity contribution in [1.29, 1.82) is 0 Å². The Morgan fingerprint density at radius 3 is 2.39 bits per heavy atom. The Morgan fingerprint density at radius 1 is 1.11 bits per heavy atom. The summed E-state index contributed by atoms with van der Waals surface area (Å²) in [7, 11) is 0. The predicted octanol–water partition coefficient (Wildman–Crippen LogP) is 2.86. The van der Waals surface area contributed by atoms with Crippen molar-refractivity contribution < 1.29 is 4.74 Å². The minimum absolute atomic E-state index is 0.341. The van der Waals surface area contributed by atoms with Crippen LogP contribution >= 0.6 is 0 Å². The standard InChI is InChI=1S/C15H18N2O/c1-15(2,11-16)18-13-8-6-12(7-9-13)14-5-3-4-10-17-14/h3-10H,11,16H2,1-2H3. The van der Waals surface area contributed by atoms with Crippen molar-refractivity contribution in [2.45, 2.75) is 19.4 Å². The van der Waals surface area contributed by atoms with Crippen molar-refractivity contribution >= 4 is 0 Å². The normalized spacial score (nSPS) is 11.3. The van der Waals surface area contributed by atoms with Gasteiger partial charge in [-0.05, 0) is 50.2 Å². The first-order chi connectivity index (χ1) is 8.61. The summed E-state index contributed by atoms with van der Waals surface area (Å²) in [6, 6.07) is 13.8. The maximum atomic E-state index is 5.80. The zero-order valence-electron chi connectivity index (χ0n) is 10.8. The van der Waals surface area contributed by atoms with Crippen LogP contribution in [0.1, 0.15) is 13.8 Å². The Morgan fingerprint density at radius 2 is 1.83 bits per heavy atom. The van der Waals surface area contributed by atoms with E-state index in [1.54, 1.807) is 6.20 Å². The van der Waals surface area contributed by atoms with Crippen LogP contribution in [0.5, 0.6) is 5.75 Å². The molecule has 0 saturated carbocycles. The first-order valence-electron chi connectivity index (χ1n) is 6.01. The number of hydrogen-bond acceptors (Lipinski definition) is 3. The molecule has 1 aromatic carbocycles. The second-order valence-corrected chi connectivity index (χ2v) is 4.81. The molecule has 0 unspecified atom stereocenters. The third kappa shape index (κ3) is 3.08. The molecule has 0 atom stereocenters. The lowest BCUT2D eigenvalue weighted by Gasteiger charge is -2.24. The minimum Gasteiger partial charge on any atom is -0.487 e. The molecule has 0 aliphatic rings. The lowest BCUT2D eigenvalue weighted by Crippen LogP contribution is -2.37. The second-order valence-electron chi connectivity index (χ2n) is 4.81. The number of pyridine rings is 1. The molecular formula is C15H18N2O. The number of aromatic nitrogens is 1. The molecule has 2 N–H and O–H groups in total. The number of nitrogens with zero attached hydrogens (tertiary/aromatic N) is 1. The smallest absolute Gasteiger partial charge is 0.120 e. The quantitative estimate of drug-likeness (QED) is 0.896. The van der Waals surface area contributed by atoms with Crippen molar-refractivity contribution in [2.24, 2.45) is 5.73 Å². The van der Waals surface area contributed by atoms with Crippen LogP contribution in [0.25, 0.3) is 11.3 Å². The van der Waals surface area contributed by atoms with Crippen LogP contribution in [0, 0.1) is 0 Å². The lowest BCUT2D eigenvalue weighted by atomic mass is 10.1. The number of rotatable bonds is 4. The van der Waals surface area contributed by atoms with Crippen molar-refractivity contribution in [3.63, 3.8) is 0 Å². The fourth-order valence-electron chi connectivity index (χ4n) is 1.59. The highest BCUT2D eigenvalue weighted by Crippen LogP contribution is 2.22. The summed E-state index contributed by atoms with van der Waals surface area (Å²) >= 11 is 0. The number of hydrogen-bond donors (Lipinski definition) is 1. The first-order valence-corrected chi connectivity index (χ1v) is 6.01. The highest BCUT2D eigenvalue weighted by atomic mass is 16.5. The van der Waals surface area contributed by atoms with Gasteiger partial charge >= 0.3 is 0 Å². The Balaban J connectivity index is 2.16.